The van der Waals surface area contributed by atoms with Crippen LogP contribution in [0.25, 0.3) is 0 Å². The van der Waals surface area contributed by atoms with Crippen molar-refractivity contribution in [1.82, 2.24) is 14.9 Å². The summed E-state index contributed by atoms with van der Waals surface area (Å²) in [5.41, 5.74) is 4.72. The van der Waals surface area contributed by atoms with Crippen molar-refractivity contribution in [3.8, 4) is 5.88 Å². The molecule has 0 aliphatic carbocycles. The number of anilines is 1. The van der Waals surface area contributed by atoms with E-state index in [1.54, 1.807) is 0 Å². The molecule has 2 aliphatic rings. The fraction of sp³-hybridized carbons (Fsp3) is 0.400. The smallest absolute Gasteiger partial charge is 0.416 e. The molecule has 0 saturated carbocycles. The van der Waals surface area contributed by atoms with E-state index in [-0.39, 0.29) is 17.5 Å². The predicted octanol–water partition coefficient (Wildman–Crippen LogP) is 3.48. The van der Waals surface area contributed by atoms with Crippen molar-refractivity contribution in [2.45, 2.75) is 29.6 Å². The number of methoxy groups -OCH3 is 1. The maximum Gasteiger partial charge on any atom is 0.416 e. The third-order valence-electron chi connectivity index (χ3n) is 5.40. The van der Waals surface area contributed by atoms with E-state index >= 15 is 0 Å². The van der Waals surface area contributed by atoms with Gasteiger partial charge in [0.25, 0.3) is 0 Å². The lowest BCUT2D eigenvalue weighted by atomic mass is 9.98. The molecule has 2 N–H and O–H groups in total. The number of fused-ring (bicyclic) bond motifs is 1. The molecule has 0 bridgehead atoms. The summed E-state index contributed by atoms with van der Waals surface area (Å²) in [6.07, 6.45) is -2.54. The molecule has 3 amide bonds. The van der Waals surface area contributed by atoms with Crippen molar-refractivity contribution in [3.63, 3.8) is 0 Å². The van der Waals surface area contributed by atoms with Crippen LogP contribution in [0, 0.1) is 5.92 Å². The predicted molar refractivity (Wildman–Crippen MR) is 112 cm³/mol. The molecule has 9 nitrogen and oxygen atoms in total. The van der Waals surface area contributed by atoms with Crippen LogP contribution in [0.5, 0.6) is 5.88 Å². The number of aromatic nitrogens is 2. The van der Waals surface area contributed by atoms with Crippen LogP contribution >= 0.6 is 11.8 Å². The van der Waals surface area contributed by atoms with E-state index in [2.05, 4.69) is 9.97 Å². The van der Waals surface area contributed by atoms with Crippen LogP contribution in [0.3, 0.4) is 0 Å². The molecule has 1 fully saturated rings. The average Bonchev–Trinajstić information content (AvgIpc) is 3.37. The minimum atomic E-state index is -4.38. The molecular weight excluding hydrogens is 463 g/mol. The highest BCUT2D eigenvalue weighted by atomic mass is 32.2. The Morgan fingerprint density at radius 1 is 1.24 bits per heavy atom. The first kappa shape index (κ1) is 23.0. The second-order valence-electron chi connectivity index (χ2n) is 7.55. The molecular formula is C20H20F3N5O4S. The Hall–Kier alpha value is -3.22. The number of hydrogen-bond donors (Lipinski definition) is 1. The SMILES string of the molecule is COc1ncnc2c1N(C(N)=O)C(OC(=O)N1CCC(Cc3ccc(C(F)(F)F)cc3)C1)S2. The fourth-order valence-corrected chi connectivity index (χ4v) is 4.86. The van der Waals surface area contributed by atoms with Gasteiger partial charge in [0, 0.05) is 13.1 Å². The summed E-state index contributed by atoms with van der Waals surface area (Å²) in [4.78, 5) is 35.4. The summed E-state index contributed by atoms with van der Waals surface area (Å²) in [7, 11) is 1.38. The zero-order chi connectivity index (χ0) is 23.8. The molecule has 0 spiro atoms. The molecule has 176 valence electrons. The van der Waals surface area contributed by atoms with Gasteiger partial charge in [0.15, 0.2) is 0 Å². The van der Waals surface area contributed by atoms with Crippen molar-refractivity contribution in [1.29, 1.82) is 0 Å². The van der Waals surface area contributed by atoms with Gasteiger partial charge in [0.2, 0.25) is 11.4 Å². The van der Waals surface area contributed by atoms with Crippen LogP contribution in [-0.4, -0.2) is 52.8 Å². The van der Waals surface area contributed by atoms with Gasteiger partial charge in [-0.2, -0.15) is 18.2 Å². The minimum Gasteiger partial charge on any atom is -0.479 e. The number of rotatable bonds is 4. The van der Waals surface area contributed by atoms with Gasteiger partial charge in [-0.05, 0) is 48.2 Å². The van der Waals surface area contributed by atoms with Gasteiger partial charge in [0.05, 0.1) is 12.7 Å². The number of hydrogen-bond acceptors (Lipinski definition) is 7. The Morgan fingerprint density at radius 2 is 1.97 bits per heavy atom. The van der Waals surface area contributed by atoms with Crippen molar-refractivity contribution in [3.05, 3.63) is 41.7 Å². The maximum absolute atomic E-state index is 12.7. The number of primary amides is 1. The number of carbonyl (C=O) groups excluding carboxylic acids is 2. The fourth-order valence-electron chi connectivity index (χ4n) is 3.82. The number of ether oxygens (including phenoxy) is 2. The number of likely N-dealkylation sites (tertiary alicyclic amines) is 1. The van der Waals surface area contributed by atoms with Crippen LogP contribution in [0.15, 0.2) is 35.6 Å². The van der Waals surface area contributed by atoms with Crippen LogP contribution in [-0.2, 0) is 17.3 Å². The van der Waals surface area contributed by atoms with E-state index in [4.69, 9.17) is 15.2 Å². The lowest BCUT2D eigenvalue weighted by molar-refractivity contribution is -0.137. The van der Waals surface area contributed by atoms with Gasteiger partial charge in [0.1, 0.15) is 17.0 Å². The summed E-state index contributed by atoms with van der Waals surface area (Å²) in [5, 5.41) is 0.389. The number of amides is 3. The molecule has 4 rings (SSSR count). The molecule has 2 unspecified atom stereocenters. The van der Waals surface area contributed by atoms with Gasteiger partial charge in [-0.25, -0.2) is 19.5 Å². The third kappa shape index (κ3) is 4.77. The zero-order valence-corrected chi connectivity index (χ0v) is 18.2. The number of urea groups is 1. The van der Waals surface area contributed by atoms with Crippen molar-refractivity contribution in [2.75, 3.05) is 25.1 Å². The maximum atomic E-state index is 12.7. The number of alkyl halides is 3. The second-order valence-corrected chi connectivity index (χ2v) is 8.58. The average molecular weight is 483 g/mol. The molecule has 13 heteroatoms. The van der Waals surface area contributed by atoms with E-state index < -0.39 is 29.4 Å². The molecule has 1 aromatic heterocycles. The lowest BCUT2D eigenvalue weighted by Gasteiger charge is -2.25. The van der Waals surface area contributed by atoms with Crippen LogP contribution in [0.2, 0.25) is 0 Å². The van der Waals surface area contributed by atoms with Crippen LogP contribution in [0.4, 0.5) is 28.4 Å². The highest BCUT2D eigenvalue weighted by Crippen LogP contribution is 2.46. The Bertz CT molecular complexity index is 1050. The summed E-state index contributed by atoms with van der Waals surface area (Å²) in [5.74, 6) is 0.198. The molecule has 0 radical (unpaired) electrons. The minimum absolute atomic E-state index is 0.0703. The number of benzene rings is 1. The van der Waals surface area contributed by atoms with Crippen LogP contribution < -0.4 is 15.4 Å². The van der Waals surface area contributed by atoms with E-state index in [1.807, 2.05) is 0 Å². The standard InChI is InChI=1S/C20H20F3N5O4S/c1-31-15-14-16(26-10-25-15)33-19(28(14)17(24)29)32-18(30)27-7-6-12(9-27)8-11-2-4-13(5-3-11)20(21,22)23/h2-5,10,12,19H,6-9H2,1H3,(H2,24,29). The van der Waals surface area contributed by atoms with E-state index in [1.165, 1.54) is 30.5 Å². The van der Waals surface area contributed by atoms with E-state index in [0.717, 1.165) is 34.4 Å². The van der Waals surface area contributed by atoms with E-state index in [0.29, 0.717) is 31.0 Å². The Kier molecular flexibility index (Phi) is 6.23. The topological polar surface area (TPSA) is 111 Å². The van der Waals surface area contributed by atoms with Gasteiger partial charge in [-0.15, -0.1) is 0 Å². The van der Waals surface area contributed by atoms with Crippen molar-refractivity contribution in [2.24, 2.45) is 11.7 Å². The normalized spacial score (nSPS) is 20.0. The molecule has 2 aromatic rings. The largest absolute Gasteiger partial charge is 0.479 e. The molecule has 2 atom stereocenters. The van der Waals surface area contributed by atoms with Gasteiger partial charge < -0.3 is 20.1 Å². The number of thioether (sulfide) groups is 1. The molecule has 33 heavy (non-hydrogen) atoms. The second kappa shape index (κ2) is 8.96. The quantitative estimate of drug-likeness (QED) is 0.663. The third-order valence-corrected chi connectivity index (χ3v) is 6.43. The Morgan fingerprint density at radius 3 is 2.61 bits per heavy atom. The number of halogens is 3. The molecule has 1 saturated heterocycles. The van der Waals surface area contributed by atoms with Crippen molar-refractivity contribution < 1.29 is 32.2 Å². The van der Waals surface area contributed by atoms with Crippen molar-refractivity contribution >= 4 is 29.6 Å². The molecule has 3 heterocycles. The highest BCUT2D eigenvalue weighted by molar-refractivity contribution is 8.00. The van der Waals surface area contributed by atoms with Gasteiger partial charge in [-0.1, -0.05) is 12.1 Å². The Balaban J connectivity index is 1.37. The number of carbonyl (C=O) groups is 2. The van der Waals surface area contributed by atoms with Crippen LogP contribution in [0.1, 0.15) is 17.5 Å². The Labute approximate surface area is 191 Å². The van der Waals surface area contributed by atoms with E-state index in [9.17, 15) is 22.8 Å². The zero-order valence-electron chi connectivity index (χ0n) is 17.4. The van der Waals surface area contributed by atoms with Gasteiger partial charge in [-0.3, -0.25) is 0 Å². The first-order chi connectivity index (χ1) is 15.7. The summed E-state index contributed by atoms with van der Waals surface area (Å²) >= 11 is 1.03. The number of nitrogens with zero attached hydrogens (tertiary/aromatic N) is 4. The first-order valence-corrected chi connectivity index (χ1v) is 10.8. The summed E-state index contributed by atoms with van der Waals surface area (Å²) in [6, 6.07) is 4.17. The monoisotopic (exact) mass is 483 g/mol. The molecule has 1 aromatic carbocycles. The van der Waals surface area contributed by atoms with Gasteiger partial charge >= 0.3 is 18.3 Å². The summed E-state index contributed by atoms with van der Waals surface area (Å²) < 4.78 is 48.9. The number of nitrogens with two attached hydrogens (primary N) is 1. The molecule has 2 aliphatic heterocycles. The lowest BCUT2D eigenvalue weighted by Crippen LogP contribution is -2.44. The highest BCUT2D eigenvalue weighted by Gasteiger charge is 2.42. The first-order valence-electron chi connectivity index (χ1n) is 9.93. The summed E-state index contributed by atoms with van der Waals surface area (Å²) in [6.45, 7) is 0.804.